The van der Waals surface area contributed by atoms with Gasteiger partial charge in [-0.1, -0.05) is 54.2 Å². The second kappa shape index (κ2) is 6.07. The number of ketones is 1. The van der Waals surface area contributed by atoms with Gasteiger partial charge in [-0.2, -0.15) is 0 Å². The van der Waals surface area contributed by atoms with E-state index in [0.29, 0.717) is 15.3 Å². The summed E-state index contributed by atoms with van der Waals surface area (Å²) in [6, 6.07) is 15.7. The molecule has 110 valence electrons. The van der Waals surface area contributed by atoms with Gasteiger partial charge in [0.25, 0.3) is 0 Å². The van der Waals surface area contributed by atoms with Crippen LogP contribution in [0.2, 0.25) is 0 Å². The Kier molecular flexibility index (Phi) is 4.14. The first-order valence-corrected chi connectivity index (χ1v) is 8.55. The predicted octanol–water partition coefficient (Wildman–Crippen LogP) is 4.70. The van der Waals surface area contributed by atoms with Crippen LogP contribution in [0.1, 0.15) is 21.5 Å². The van der Waals surface area contributed by atoms with Crippen molar-refractivity contribution in [3.63, 3.8) is 0 Å². The molecule has 0 radical (unpaired) electrons. The highest BCUT2D eigenvalue weighted by Gasteiger charge is 2.31. The van der Waals surface area contributed by atoms with Crippen LogP contribution in [-0.2, 0) is 0 Å². The number of carbonyl (C=O) groups is 1. The number of fused-ring (bicyclic) bond motifs is 1. The molecule has 0 amide bonds. The molecule has 0 saturated heterocycles. The van der Waals surface area contributed by atoms with E-state index in [-0.39, 0.29) is 5.78 Å². The minimum atomic E-state index is 0.00422. The average Bonchev–Trinajstić information content (AvgIpc) is 2.82. The summed E-state index contributed by atoms with van der Waals surface area (Å²) in [7, 11) is 0. The van der Waals surface area contributed by atoms with Gasteiger partial charge >= 0.3 is 0 Å². The first kappa shape index (κ1) is 15.0. The van der Waals surface area contributed by atoms with Gasteiger partial charge in [-0.3, -0.25) is 4.79 Å². The Hall–Kier alpha value is -1.91. The normalized spacial score (nSPS) is 13.3. The highest BCUT2D eigenvalue weighted by atomic mass is 32.2. The third kappa shape index (κ3) is 2.60. The number of nitrogens with one attached hydrogen (secondary N) is 1. The third-order valence-corrected chi connectivity index (χ3v) is 4.91. The van der Waals surface area contributed by atoms with Crippen molar-refractivity contribution in [2.75, 3.05) is 11.6 Å². The summed E-state index contributed by atoms with van der Waals surface area (Å²) in [5, 5.41) is 3.38. The van der Waals surface area contributed by atoms with Gasteiger partial charge in [-0.25, -0.2) is 0 Å². The number of hydrogen-bond acceptors (Lipinski definition) is 4. The van der Waals surface area contributed by atoms with Crippen LogP contribution in [0, 0.1) is 6.92 Å². The molecule has 1 N–H and O–H groups in total. The lowest BCUT2D eigenvalue weighted by Gasteiger charge is -2.11. The number of hydrogen-bond donors (Lipinski definition) is 1. The van der Waals surface area contributed by atoms with Crippen molar-refractivity contribution in [1.82, 2.24) is 0 Å². The minimum absolute atomic E-state index is 0.00422. The third-order valence-electron chi connectivity index (χ3n) is 3.63. The zero-order valence-corrected chi connectivity index (χ0v) is 14.0. The van der Waals surface area contributed by atoms with E-state index in [4.69, 9.17) is 12.2 Å². The highest BCUT2D eigenvalue weighted by Crippen LogP contribution is 2.36. The molecule has 0 bridgehead atoms. The van der Waals surface area contributed by atoms with Crippen molar-refractivity contribution in [2.24, 2.45) is 0 Å². The summed E-state index contributed by atoms with van der Waals surface area (Å²) >= 11 is 6.82. The molecule has 4 heteroatoms. The zero-order chi connectivity index (χ0) is 15.7. The first-order valence-electron chi connectivity index (χ1n) is 6.92. The Morgan fingerprint density at radius 1 is 1.05 bits per heavy atom. The number of thiocarbonyl (C=S) groups is 1. The fourth-order valence-corrected chi connectivity index (χ4v) is 3.08. The van der Waals surface area contributed by atoms with Gasteiger partial charge in [0, 0.05) is 16.8 Å². The van der Waals surface area contributed by atoms with Gasteiger partial charge in [0.15, 0.2) is 5.78 Å². The monoisotopic (exact) mass is 325 g/mol. The second-order valence-electron chi connectivity index (χ2n) is 5.11. The van der Waals surface area contributed by atoms with Crippen LogP contribution in [0.25, 0.3) is 5.70 Å². The van der Waals surface area contributed by atoms with Gasteiger partial charge in [0.1, 0.15) is 0 Å². The number of carbonyl (C=O) groups excluding carboxylic acids is 1. The number of benzene rings is 2. The van der Waals surface area contributed by atoms with Gasteiger partial charge < -0.3 is 5.32 Å². The lowest BCUT2D eigenvalue weighted by Crippen LogP contribution is -2.07. The summed E-state index contributed by atoms with van der Waals surface area (Å²) in [5.41, 5.74) is 5.19. The molecule has 0 heterocycles. The molecule has 22 heavy (non-hydrogen) atoms. The Bertz CT molecular complexity index is 791. The molecule has 2 nitrogen and oxygen atoms in total. The molecule has 0 spiro atoms. The van der Waals surface area contributed by atoms with E-state index in [1.165, 1.54) is 17.3 Å². The van der Waals surface area contributed by atoms with E-state index in [1.807, 2.05) is 61.7 Å². The molecule has 0 fully saturated rings. The molecule has 0 aliphatic heterocycles. The minimum Gasteiger partial charge on any atom is -0.354 e. The maximum Gasteiger partial charge on any atom is 0.197 e. The van der Waals surface area contributed by atoms with Gasteiger partial charge in [-0.15, -0.1) is 11.8 Å². The number of thioether (sulfide) groups is 1. The van der Waals surface area contributed by atoms with E-state index in [2.05, 4.69) is 5.32 Å². The van der Waals surface area contributed by atoms with Crippen molar-refractivity contribution < 1.29 is 4.79 Å². The van der Waals surface area contributed by atoms with Crippen LogP contribution in [-0.4, -0.2) is 16.2 Å². The Morgan fingerprint density at radius 3 is 2.32 bits per heavy atom. The van der Waals surface area contributed by atoms with Crippen LogP contribution in [0.4, 0.5) is 5.69 Å². The average molecular weight is 325 g/mol. The summed E-state index contributed by atoms with van der Waals surface area (Å²) in [6.45, 7) is 2.05. The molecule has 1 aliphatic carbocycles. The number of Topliss-reactive ketones (excluding diaryl/α,β-unsaturated/α-hetero) is 1. The summed E-state index contributed by atoms with van der Waals surface area (Å²) < 4.78 is 0.621. The van der Waals surface area contributed by atoms with E-state index in [0.717, 1.165) is 16.9 Å². The number of rotatable bonds is 3. The van der Waals surface area contributed by atoms with E-state index in [9.17, 15) is 4.79 Å². The molecule has 3 rings (SSSR count). The molecule has 0 atom stereocenters. The number of aryl methyl sites for hydroxylation is 1. The number of anilines is 1. The lowest BCUT2D eigenvalue weighted by atomic mass is 10.1. The second-order valence-corrected chi connectivity index (χ2v) is 6.59. The highest BCUT2D eigenvalue weighted by molar-refractivity contribution is 8.23. The largest absolute Gasteiger partial charge is 0.354 e. The molecular formula is C18H15NOS2. The maximum atomic E-state index is 12.7. The Balaban J connectivity index is 2.10. The summed E-state index contributed by atoms with van der Waals surface area (Å²) in [4.78, 5) is 12.7. The van der Waals surface area contributed by atoms with E-state index in [1.54, 1.807) is 0 Å². The molecule has 2 aromatic carbocycles. The Morgan fingerprint density at radius 2 is 1.68 bits per heavy atom. The van der Waals surface area contributed by atoms with Crippen LogP contribution >= 0.6 is 24.0 Å². The van der Waals surface area contributed by atoms with Gasteiger partial charge in [0.2, 0.25) is 0 Å². The molecule has 1 aliphatic rings. The molecular weight excluding hydrogens is 310 g/mol. The van der Waals surface area contributed by atoms with Crippen LogP contribution in [0.3, 0.4) is 0 Å². The van der Waals surface area contributed by atoms with Crippen molar-refractivity contribution >= 4 is 45.3 Å². The van der Waals surface area contributed by atoms with Crippen molar-refractivity contribution in [3.8, 4) is 0 Å². The van der Waals surface area contributed by atoms with Gasteiger partial charge in [0.05, 0.1) is 15.5 Å². The Labute approximate surface area is 139 Å². The summed E-state index contributed by atoms with van der Waals surface area (Å²) in [5.74, 6) is 0.00422. The quantitative estimate of drug-likeness (QED) is 0.828. The fourth-order valence-electron chi connectivity index (χ4n) is 2.49. The van der Waals surface area contributed by atoms with Crippen LogP contribution < -0.4 is 5.32 Å². The van der Waals surface area contributed by atoms with Crippen LogP contribution in [0.15, 0.2) is 54.1 Å². The van der Waals surface area contributed by atoms with Gasteiger partial charge in [-0.05, 0) is 25.3 Å². The molecule has 0 aromatic heterocycles. The standard InChI is InChI=1S/C18H15NOS2/c1-11-7-9-12(10-8-11)19-16-13-5-3-4-6-14(13)17(20)15(16)18(21)22-2/h3-10,19H,1-2H3. The topological polar surface area (TPSA) is 29.1 Å². The lowest BCUT2D eigenvalue weighted by molar-refractivity contribution is 0.104. The first-order chi connectivity index (χ1) is 10.6. The SMILES string of the molecule is CSC(=S)C1=C(Nc2ccc(C)cc2)c2ccccc2C1=O. The van der Waals surface area contributed by atoms with Crippen molar-refractivity contribution in [1.29, 1.82) is 0 Å². The van der Waals surface area contributed by atoms with E-state index < -0.39 is 0 Å². The predicted molar refractivity (Wildman–Crippen MR) is 98.6 cm³/mol. The van der Waals surface area contributed by atoms with Crippen LogP contribution in [0.5, 0.6) is 0 Å². The smallest absolute Gasteiger partial charge is 0.197 e. The molecule has 0 saturated carbocycles. The van der Waals surface area contributed by atoms with Crippen molar-refractivity contribution in [3.05, 3.63) is 70.8 Å². The zero-order valence-electron chi connectivity index (χ0n) is 12.3. The molecule has 0 unspecified atom stereocenters. The van der Waals surface area contributed by atoms with Crippen molar-refractivity contribution in [2.45, 2.75) is 6.92 Å². The fraction of sp³-hybridized carbons (Fsp3) is 0.111. The maximum absolute atomic E-state index is 12.7. The molecule has 2 aromatic rings. The van der Waals surface area contributed by atoms with E-state index >= 15 is 0 Å². The summed E-state index contributed by atoms with van der Waals surface area (Å²) in [6.07, 6.45) is 1.90.